The van der Waals surface area contributed by atoms with Gasteiger partial charge in [0.1, 0.15) is 0 Å². The normalized spacial score (nSPS) is 22.8. The van der Waals surface area contributed by atoms with Crippen molar-refractivity contribution in [3.63, 3.8) is 0 Å². The summed E-state index contributed by atoms with van der Waals surface area (Å²) in [6.07, 6.45) is 2.85. The highest BCUT2D eigenvalue weighted by atomic mass is 16.2. The summed E-state index contributed by atoms with van der Waals surface area (Å²) in [5.74, 6) is 0.631. The van der Waals surface area contributed by atoms with Gasteiger partial charge in [-0.25, -0.2) is 0 Å². The third kappa shape index (κ3) is 6.60. The van der Waals surface area contributed by atoms with Crippen molar-refractivity contribution in [1.29, 1.82) is 0 Å². The number of carbonyl (C=O) groups excluding carboxylic acids is 2. The predicted octanol–water partition coefficient (Wildman–Crippen LogP) is 2.23. The van der Waals surface area contributed by atoms with Gasteiger partial charge in [0.2, 0.25) is 11.8 Å². The maximum Gasteiger partial charge on any atom is 0.220 e. The molecule has 0 aromatic rings. The van der Waals surface area contributed by atoms with Gasteiger partial charge in [0, 0.05) is 24.9 Å². The van der Waals surface area contributed by atoms with Crippen molar-refractivity contribution in [3.8, 4) is 0 Å². The summed E-state index contributed by atoms with van der Waals surface area (Å²) in [6.45, 7) is 10.2. The van der Waals surface area contributed by atoms with Gasteiger partial charge in [-0.3, -0.25) is 9.59 Å². The molecule has 1 aliphatic rings. The van der Waals surface area contributed by atoms with Gasteiger partial charge in [-0.05, 0) is 24.2 Å². The van der Waals surface area contributed by atoms with Crippen LogP contribution in [0.4, 0.5) is 0 Å². The molecular formula is C15H28N2O2. The highest BCUT2D eigenvalue weighted by Crippen LogP contribution is 2.22. The lowest BCUT2D eigenvalue weighted by atomic mass is 9.85. The fourth-order valence-corrected chi connectivity index (χ4v) is 2.27. The van der Waals surface area contributed by atoms with E-state index in [1.807, 2.05) is 13.8 Å². The van der Waals surface area contributed by atoms with Crippen LogP contribution in [0.25, 0.3) is 0 Å². The first kappa shape index (κ1) is 16.0. The molecule has 4 heteroatoms. The fraction of sp³-hybridized carbons (Fsp3) is 0.867. The van der Waals surface area contributed by atoms with Crippen molar-refractivity contribution in [3.05, 3.63) is 0 Å². The number of carbonyl (C=O) groups is 2. The van der Waals surface area contributed by atoms with E-state index in [1.165, 1.54) is 0 Å². The number of amides is 2. The number of rotatable bonds is 5. The predicted molar refractivity (Wildman–Crippen MR) is 76.6 cm³/mol. The molecule has 0 unspecified atom stereocenters. The molecule has 1 fully saturated rings. The maximum atomic E-state index is 11.7. The Labute approximate surface area is 116 Å². The molecule has 19 heavy (non-hydrogen) atoms. The van der Waals surface area contributed by atoms with Crippen molar-refractivity contribution < 1.29 is 9.59 Å². The van der Waals surface area contributed by atoms with E-state index < -0.39 is 0 Å². The second-order valence-corrected chi connectivity index (χ2v) is 7.34. The molecule has 110 valence electrons. The first-order chi connectivity index (χ1) is 8.65. The van der Waals surface area contributed by atoms with E-state index in [4.69, 9.17) is 0 Å². The van der Waals surface area contributed by atoms with Gasteiger partial charge in [-0.1, -0.05) is 34.6 Å². The lowest BCUT2D eigenvalue weighted by molar-refractivity contribution is -0.124. The third-order valence-corrected chi connectivity index (χ3v) is 3.15. The van der Waals surface area contributed by atoms with E-state index in [0.717, 1.165) is 12.8 Å². The summed E-state index contributed by atoms with van der Waals surface area (Å²) in [5.41, 5.74) is 0.0265. The van der Waals surface area contributed by atoms with Gasteiger partial charge in [0.15, 0.2) is 0 Å². The molecule has 4 nitrogen and oxygen atoms in total. The highest BCUT2D eigenvalue weighted by Gasteiger charge is 2.31. The Kier molecular flexibility index (Phi) is 5.39. The average molecular weight is 268 g/mol. The van der Waals surface area contributed by atoms with E-state index in [2.05, 4.69) is 31.4 Å². The molecule has 0 aromatic carbocycles. The topological polar surface area (TPSA) is 58.2 Å². The smallest absolute Gasteiger partial charge is 0.220 e. The second-order valence-electron chi connectivity index (χ2n) is 7.34. The van der Waals surface area contributed by atoms with Crippen LogP contribution >= 0.6 is 0 Å². The average Bonchev–Trinajstić information content (AvgIpc) is 2.09. The molecule has 1 aliphatic carbocycles. The third-order valence-electron chi connectivity index (χ3n) is 3.15. The number of hydrogen-bond donors (Lipinski definition) is 2. The minimum absolute atomic E-state index is 0.0265. The highest BCUT2D eigenvalue weighted by molar-refractivity contribution is 5.78. The van der Waals surface area contributed by atoms with E-state index in [-0.39, 0.29) is 29.3 Å². The van der Waals surface area contributed by atoms with E-state index >= 15 is 0 Å². The first-order valence-electron chi connectivity index (χ1n) is 7.24. The summed E-state index contributed by atoms with van der Waals surface area (Å²) in [5, 5.41) is 6.04. The van der Waals surface area contributed by atoms with Gasteiger partial charge >= 0.3 is 0 Å². The van der Waals surface area contributed by atoms with Crippen LogP contribution < -0.4 is 10.6 Å². The molecule has 0 atom stereocenters. The van der Waals surface area contributed by atoms with Gasteiger partial charge < -0.3 is 10.6 Å². The van der Waals surface area contributed by atoms with Crippen molar-refractivity contribution >= 4 is 11.8 Å². The molecule has 0 saturated heterocycles. The molecule has 0 heterocycles. The molecule has 0 aliphatic heterocycles. The molecule has 2 N–H and O–H groups in total. The van der Waals surface area contributed by atoms with Crippen LogP contribution in [0.15, 0.2) is 0 Å². The zero-order valence-electron chi connectivity index (χ0n) is 12.9. The maximum absolute atomic E-state index is 11.7. The lowest BCUT2D eigenvalue weighted by Gasteiger charge is -2.37. The Hall–Kier alpha value is -1.06. The zero-order chi connectivity index (χ0) is 14.6. The molecule has 1 saturated carbocycles. The van der Waals surface area contributed by atoms with Gasteiger partial charge in [-0.15, -0.1) is 0 Å². The second kappa shape index (κ2) is 6.40. The molecule has 0 bridgehead atoms. The van der Waals surface area contributed by atoms with Gasteiger partial charge in [0.05, 0.1) is 0 Å². The molecule has 0 radical (unpaired) electrons. The number of nitrogens with one attached hydrogen (secondary N) is 2. The quantitative estimate of drug-likeness (QED) is 0.803. The van der Waals surface area contributed by atoms with Crippen LogP contribution in [0.5, 0.6) is 0 Å². The number of hydrogen-bond acceptors (Lipinski definition) is 2. The van der Waals surface area contributed by atoms with Crippen LogP contribution in [0.2, 0.25) is 0 Å². The summed E-state index contributed by atoms with van der Waals surface area (Å²) in [6, 6.07) is 0.477. The Bertz CT molecular complexity index is 326. The van der Waals surface area contributed by atoms with Crippen LogP contribution in [-0.4, -0.2) is 23.9 Å². The minimum Gasteiger partial charge on any atom is -0.353 e. The van der Waals surface area contributed by atoms with Gasteiger partial charge in [-0.2, -0.15) is 0 Å². The fourth-order valence-electron chi connectivity index (χ4n) is 2.27. The summed E-state index contributed by atoms with van der Waals surface area (Å²) < 4.78 is 0. The zero-order valence-corrected chi connectivity index (χ0v) is 12.9. The van der Waals surface area contributed by atoms with E-state index in [1.54, 1.807) is 0 Å². The molecule has 0 aromatic heterocycles. The van der Waals surface area contributed by atoms with Crippen molar-refractivity contribution in [2.45, 2.75) is 72.4 Å². The van der Waals surface area contributed by atoms with E-state index in [0.29, 0.717) is 18.8 Å². The summed E-state index contributed by atoms with van der Waals surface area (Å²) in [7, 11) is 0. The molecule has 0 spiro atoms. The monoisotopic (exact) mass is 268 g/mol. The van der Waals surface area contributed by atoms with Crippen LogP contribution in [0.3, 0.4) is 0 Å². The molecular weight excluding hydrogens is 240 g/mol. The Morgan fingerprint density at radius 1 is 1.05 bits per heavy atom. The van der Waals surface area contributed by atoms with Crippen LogP contribution in [0.1, 0.15) is 60.3 Å². The minimum atomic E-state index is 0.0265. The van der Waals surface area contributed by atoms with Crippen molar-refractivity contribution in [2.24, 2.45) is 11.3 Å². The van der Waals surface area contributed by atoms with Crippen molar-refractivity contribution in [2.75, 3.05) is 0 Å². The SMILES string of the molecule is CC(C)CC(=O)N[C@H]1C[C@@H](NC(=O)CC(C)(C)C)C1. The van der Waals surface area contributed by atoms with Crippen LogP contribution in [-0.2, 0) is 9.59 Å². The Morgan fingerprint density at radius 3 is 1.95 bits per heavy atom. The molecule has 1 rings (SSSR count). The largest absolute Gasteiger partial charge is 0.353 e. The standard InChI is InChI=1S/C15H28N2O2/c1-10(2)6-13(18)16-11-7-12(8-11)17-14(19)9-15(3,4)5/h10-12H,6-9H2,1-5H3,(H,16,18)(H,17,19)/t11-,12+. The lowest BCUT2D eigenvalue weighted by Crippen LogP contribution is -2.54. The molecule has 2 amide bonds. The summed E-state index contributed by atoms with van der Waals surface area (Å²) >= 11 is 0. The summed E-state index contributed by atoms with van der Waals surface area (Å²) in [4.78, 5) is 23.3. The van der Waals surface area contributed by atoms with E-state index in [9.17, 15) is 9.59 Å². The Balaban J connectivity index is 2.17. The first-order valence-corrected chi connectivity index (χ1v) is 7.24. The van der Waals surface area contributed by atoms with Crippen molar-refractivity contribution in [1.82, 2.24) is 10.6 Å². The Morgan fingerprint density at radius 2 is 1.53 bits per heavy atom. The van der Waals surface area contributed by atoms with Crippen LogP contribution in [0, 0.1) is 11.3 Å². The van der Waals surface area contributed by atoms with Gasteiger partial charge in [0.25, 0.3) is 0 Å².